The summed E-state index contributed by atoms with van der Waals surface area (Å²) in [5.74, 6) is 2.19. The van der Waals surface area contributed by atoms with Crippen molar-refractivity contribution in [1.29, 1.82) is 0 Å². The van der Waals surface area contributed by atoms with E-state index < -0.39 is 0 Å². The monoisotopic (exact) mass is 490 g/mol. The van der Waals surface area contributed by atoms with Crippen molar-refractivity contribution in [2.24, 2.45) is 0 Å². The molecular formula is C33H65N2+. The molecule has 0 fully saturated rings. The van der Waals surface area contributed by atoms with Crippen molar-refractivity contribution in [3.05, 3.63) is 18.2 Å². The van der Waals surface area contributed by atoms with Crippen molar-refractivity contribution in [2.45, 2.75) is 194 Å². The molecule has 0 amide bonds. The van der Waals surface area contributed by atoms with Crippen molar-refractivity contribution < 1.29 is 4.57 Å². The summed E-state index contributed by atoms with van der Waals surface area (Å²) >= 11 is 0. The second-order valence-corrected chi connectivity index (χ2v) is 11.7. The van der Waals surface area contributed by atoms with E-state index in [-0.39, 0.29) is 0 Å². The Hall–Kier alpha value is -0.790. The molecule has 206 valence electrons. The molecule has 0 saturated heterocycles. The summed E-state index contributed by atoms with van der Waals surface area (Å²) < 4.78 is 2.48. The Balaban J connectivity index is 2.06. The van der Waals surface area contributed by atoms with E-state index in [1.807, 2.05) is 0 Å². The number of hydrogen-bond acceptors (Lipinski definition) is 0. The molecule has 2 heteroatoms. The van der Waals surface area contributed by atoms with E-state index in [1.165, 1.54) is 160 Å². The molecule has 0 bridgehead atoms. The van der Waals surface area contributed by atoms with Gasteiger partial charge in [-0.15, -0.1) is 0 Å². The summed E-state index contributed by atoms with van der Waals surface area (Å²) in [5, 5.41) is 0. The van der Waals surface area contributed by atoms with Gasteiger partial charge in [0.15, 0.2) is 0 Å². The van der Waals surface area contributed by atoms with Gasteiger partial charge < -0.3 is 0 Å². The van der Waals surface area contributed by atoms with Crippen molar-refractivity contribution in [3.8, 4) is 0 Å². The molecule has 1 aromatic rings. The summed E-state index contributed by atoms with van der Waals surface area (Å²) in [7, 11) is 0. The normalized spacial score (nSPS) is 12.6. The van der Waals surface area contributed by atoms with Gasteiger partial charge in [-0.3, -0.25) is 0 Å². The van der Waals surface area contributed by atoms with Crippen LogP contribution in [0.4, 0.5) is 0 Å². The Kier molecular flexibility index (Phi) is 21.7. The molecule has 0 aliphatic heterocycles. The first-order valence-electron chi connectivity index (χ1n) is 16.3. The first-order chi connectivity index (χ1) is 17.2. The number of hydrogen-bond donors (Lipinski definition) is 1. The van der Waals surface area contributed by atoms with Crippen LogP contribution in [0.1, 0.15) is 200 Å². The molecule has 0 radical (unpaired) electrons. The second kappa shape index (κ2) is 23.6. The molecular weight excluding hydrogens is 424 g/mol. The van der Waals surface area contributed by atoms with E-state index in [2.05, 4.69) is 49.6 Å². The number of aromatic amines is 1. The highest BCUT2D eigenvalue weighted by atomic mass is 15.1. The van der Waals surface area contributed by atoms with Gasteiger partial charge in [-0.1, -0.05) is 155 Å². The fourth-order valence-electron chi connectivity index (χ4n) is 5.66. The van der Waals surface area contributed by atoms with Gasteiger partial charge in [0.05, 0.1) is 12.0 Å². The van der Waals surface area contributed by atoms with Crippen LogP contribution in [0.3, 0.4) is 0 Å². The molecule has 0 spiro atoms. The number of rotatable bonds is 26. The van der Waals surface area contributed by atoms with Gasteiger partial charge in [-0.05, 0) is 26.7 Å². The lowest BCUT2D eigenvalue weighted by Crippen LogP contribution is -2.39. The highest BCUT2D eigenvalue weighted by Gasteiger charge is 2.23. The number of H-pyrrole nitrogens is 1. The summed E-state index contributed by atoms with van der Waals surface area (Å²) in [6, 6.07) is 0.550. The maximum absolute atomic E-state index is 3.61. The quantitative estimate of drug-likeness (QED) is 0.0985. The minimum Gasteiger partial charge on any atom is -0.247 e. The smallest absolute Gasteiger partial charge is 0.247 e. The molecule has 1 atom stereocenters. The Labute approximate surface area is 221 Å². The molecule has 0 aliphatic rings. The molecule has 1 heterocycles. The predicted molar refractivity (Wildman–Crippen MR) is 156 cm³/mol. The molecule has 0 aromatic carbocycles. The van der Waals surface area contributed by atoms with Crippen LogP contribution in [0.2, 0.25) is 0 Å². The predicted octanol–water partition coefficient (Wildman–Crippen LogP) is 11.4. The van der Waals surface area contributed by atoms with Crippen LogP contribution in [0, 0.1) is 0 Å². The number of unbranched alkanes of at least 4 members (excludes halogenated alkanes) is 20. The van der Waals surface area contributed by atoms with Crippen LogP contribution in [-0.2, 0) is 0 Å². The molecule has 1 aromatic heterocycles. The number of nitrogens with zero attached hydrogens (tertiary/aromatic N) is 1. The van der Waals surface area contributed by atoms with E-state index in [9.17, 15) is 0 Å². The van der Waals surface area contributed by atoms with Crippen molar-refractivity contribution in [2.75, 3.05) is 0 Å². The average molecular weight is 490 g/mol. The van der Waals surface area contributed by atoms with Gasteiger partial charge in [0.25, 0.3) is 5.82 Å². The zero-order valence-corrected chi connectivity index (χ0v) is 24.7. The van der Waals surface area contributed by atoms with E-state index in [4.69, 9.17) is 0 Å². The number of imidazole rings is 1. The highest BCUT2D eigenvalue weighted by molar-refractivity contribution is 4.90. The van der Waals surface area contributed by atoms with E-state index in [1.54, 1.807) is 0 Å². The minimum absolute atomic E-state index is 0.550. The van der Waals surface area contributed by atoms with Gasteiger partial charge in [-0.25, -0.2) is 9.55 Å². The zero-order chi connectivity index (χ0) is 25.4. The largest absolute Gasteiger partial charge is 0.257 e. The van der Waals surface area contributed by atoms with Crippen molar-refractivity contribution >= 4 is 0 Å². The van der Waals surface area contributed by atoms with Crippen LogP contribution in [0.5, 0.6) is 0 Å². The topological polar surface area (TPSA) is 19.7 Å². The first kappa shape index (κ1) is 32.2. The number of aromatic nitrogens is 2. The van der Waals surface area contributed by atoms with Gasteiger partial charge in [0.2, 0.25) is 0 Å². The Morgan fingerprint density at radius 3 is 1.23 bits per heavy atom. The Morgan fingerprint density at radius 2 is 0.886 bits per heavy atom. The standard InChI is InChI=1S/C33H64N2/c1-5-7-9-11-12-13-14-15-16-17-18-19-20-21-22-24-26-28-32(27-25-23-10-8-6-2)33-34-29-30-35(33)31(3)4/h29-32H,5-28H2,1-4H3/p+1/t32-/m0/s1. The highest BCUT2D eigenvalue weighted by Crippen LogP contribution is 2.26. The average Bonchev–Trinajstić information content (AvgIpc) is 3.35. The molecule has 0 unspecified atom stereocenters. The van der Waals surface area contributed by atoms with Gasteiger partial charge in [-0.2, -0.15) is 0 Å². The SMILES string of the molecule is CCCCCCCCCCCCCCCCCCC[C@H](CCCCCCC)c1[nH]cc[n+]1C(C)C. The van der Waals surface area contributed by atoms with Crippen molar-refractivity contribution in [3.63, 3.8) is 0 Å². The fourth-order valence-corrected chi connectivity index (χ4v) is 5.66. The lowest BCUT2D eigenvalue weighted by Gasteiger charge is -2.15. The zero-order valence-electron chi connectivity index (χ0n) is 24.7. The van der Waals surface area contributed by atoms with Crippen LogP contribution >= 0.6 is 0 Å². The summed E-state index contributed by atoms with van der Waals surface area (Å²) in [5.41, 5.74) is 0. The van der Waals surface area contributed by atoms with E-state index in [0.717, 1.165) is 0 Å². The lowest BCUT2D eigenvalue weighted by atomic mass is 9.93. The van der Waals surface area contributed by atoms with Crippen LogP contribution < -0.4 is 4.57 Å². The lowest BCUT2D eigenvalue weighted by molar-refractivity contribution is -0.723. The summed E-state index contributed by atoms with van der Waals surface area (Å²) in [6.45, 7) is 9.24. The third-order valence-electron chi connectivity index (χ3n) is 8.00. The third kappa shape index (κ3) is 17.3. The fraction of sp³-hybridized carbons (Fsp3) is 0.909. The Bertz CT molecular complexity index is 547. The van der Waals surface area contributed by atoms with Crippen LogP contribution in [0.15, 0.2) is 12.4 Å². The van der Waals surface area contributed by atoms with Crippen molar-refractivity contribution in [1.82, 2.24) is 4.98 Å². The molecule has 1 rings (SSSR count). The van der Waals surface area contributed by atoms with Gasteiger partial charge in [0, 0.05) is 0 Å². The molecule has 1 N–H and O–H groups in total. The maximum Gasteiger partial charge on any atom is 0.257 e. The van der Waals surface area contributed by atoms with Gasteiger partial charge in [0.1, 0.15) is 12.4 Å². The van der Waals surface area contributed by atoms with Gasteiger partial charge >= 0.3 is 0 Å². The molecule has 0 saturated carbocycles. The summed E-state index contributed by atoms with van der Waals surface area (Å²) in [4.78, 5) is 3.61. The minimum atomic E-state index is 0.550. The second-order valence-electron chi connectivity index (χ2n) is 11.7. The Morgan fingerprint density at radius 1 is 0.543 bits per heavy atom. The molecule has 2 nitrogen and oxygen atoms in total. The van der Waals surface area contributed by atoms with E-state index >= 15 is 0 Å². The molecule has 35 heavy (non-hydrogen) atoms. The maximum atomic E-state index is 3.61. The first-order valence-corrected chi connectivity index (χ1v) is 16.3. The van der Waals surface area contributed by atoms with Crippen LogP contribution in [-0.4, -0.2) is 4.98 Å². The third-order valence-corrected chi connectivity index (χ3v) is 8.00. The van der Waals surface area contributed by atoms with E-state index in [0.29, 0.717) is 12.0 Å². The summed E-state index contributed by atoms with van der Waals surface area (Å²) in [6.07, 6.45) is 38.8. The van der Waals surface area contributed by atoms with Crippen LogP contribution in [0.25, 0.3) is 0 Å². The molecule has 0 aliphatic carbocycles. The number of nitrogens with one attached hydrogen (secondary N) is 1.